The van der Waals surface area contributed by atoms with Crippen molar-refractivity contribution in [3.05, 3.63) is 78.1 Å². The molecule has 1 saturated heterocycles. The molecule has 1 N–H and O–H groups in total. The van der Waals surface area contributed by atoms with Gasteiger partial charge in [-0.05, 0) is 86.4 Å². The van der Waals surface area contributed by atoms with Gasteiger partial charge in [-0.15, -0.1) is 0 Å². The summed E-state index contributed by atoms with van der Waals surface area (Å²) in [6, 6.07) is 17.5. The summed E-state index contributed by atoms with van der Waals surface area (Å²) in [6.07, 6.45) is 9.18. The van der Waals surface area contributed by atoms with Crippen LogP contribution in [0.1, 0.15) is 54.9 Å². The molecule has 0 bridgehead atoms. The highest BCUT2D eigenvalue weighted by Crippen LogP contribution is 2.37. The first kappa shape index (κ1) is 25.9. The maximum Gasteiger partial charge on any atom is 0.260 e. The van der Waals surface area contributed by atoms with Gasteiger partial charge in [0.25, 0.3) is 11.8 Å². The molecule has 7 heteroatoms. The monoisotopic (exact) mass is 515 g/mol. The van der Waals surface area contributed by atoms with Crippen molar-refractivity contribution in [2.24, 2.45) is 5.41 Å². The maximum atomic E-state index is 13.5. The van der Waals surface area contributed by atoms with Gasteiger partial charge in [0, 0.05) is 37.6 Å². The number of nitrogens with zero attached hydrogens (tertiary/aromatic N) is 2. The number of hydrogen-bond acceptors (Lipinski definition) is 4. The van der Waals surface area contributed by atoms with Crippen molar-refractivity contribution >= 4 is 11.8 Å². The van der Waals surface area contributed by atoms with Crippen molar-refractivity contribution in [1.29, 1.82) is 0 Å². The van der Waals surface area contributed by atoms with Crippen LogP contribution in [0.3, 0.4) is 0 Å². The van der Waals surface area contributed by atoms with Crippen molar-refractivity contribution in [2.75, 3.05) is 26.7 Å². The smallest absolute Gasteiger partial charge is 0.260 e. The van der Waals surface area contributed by atoms with Crippen molar-refractivity contribution in [2.45, 2.75) is 51.6 Å². The average Bonchev–Trinajstić information content (AvgIpc) is 3.49. The Morgan fingerprint density at radius 2 is 1.79 bits per heavy atom. The van der Waals surface area contributed by atoms with Gasteiger partial charge >= 0.3 is 0 Å². The second kappa shape index (κ2) is 11.3. The van der Waals surface area contributed by atoms with Crippen LogP contribution >= 0.6 is 0 Å². The van der Waals surface area contributed by atoms with Gasteiger partial charge < -0.3 is 24.3 Å². The number of likely N-dealkylation sites (tertiary alicyclic amines) is 1. The lowest BCUT2D eigenvalue weighted by molar-refractivity contribution is -0.128. The minimum atomic E-state index is -0.557. The number of benzene rings is 2. The molecule has 1 aromatic heterocycles. The standard InChI is InChI=1S/C31H37N3O4/c1-23-29(35)32-22-31(14-6-5-10-24-9-3-4-11-27(24)38-23)15-19-34(20-16-31)30(36)25-12-13-28(37-2)26(21-25)33-17-7-8-18-33/h3-4,7-9,11-13,17-18,21,23H,5-6,10,14-16,19-20,22H2,1-2H3,(H,32,35)/t23-/m1/s1. The van der Waals surface area contributed by atoms with Crippen molar-refractivity contribution in [3.8, 4) is 17.2 Å². The van der Waals surface area contributed by atoms with E-state index in [0.29, 0.717) is 25.2 Å². The number of nitrogens with one attached hydrogen (secondary N) is 1. The predicted molar refractivity (Wildman–Crippen MR) is 147 cm³/mol. The molecule has 2 aliphatic heterocycles. The van der Waals surface area contributed by atoms with E-state index in [1.165, 1.54) is 0 Å². The van der Waals surface area contributed by atoms with Crippen molar-refractivity contribution in [1.82, 2.24) is 14.8 Å². The lowest BCUT2D eigenvalue weighted by Crippen LogP contribution is -2.49. The maximum absolute atomic E-state index is 13.5. The minimum Gasteiger partial charge on any atom is -0.495 e. The molecule has 200 valence electrons. The van der Waals surface area contributed by atoms with Gasteiger partial charge in [-0.25, -0.2) is 0 Å². The fourth-order valence-corrected chi connectivity index (χ4v) is 5.70. The van der Waals surface area contributed by atoms with E-state index in [1.807, 2.05) is 77.3 Å². The zero-order valence-corrected chi connectivity index (χ0v) is 22.3. The summed E-state index contributed by atoms with van der Waals surface area (Å²) in [5.41, 5.74) is 2.64. The van der Waals surface area contributed by atoms with Crippen LogP contribution in [-0.4, -0.2) is 54.1 Å². The Balaban J connectivity index is 1.27. The van der Waals surface area contributed by atoms with E-state index in [1.54, 1.807) is 7.11 Å². The molecule has 2 amide bonds. The van der Waals surface area contributed by atoms with E-state index in [9.17, 15) is 9.59 Å². The molecular formula is C31H37N3O4. The van der Waals surface area contributed by atoms with Crippen LogP contribution in [-0.2, 0) is 11.2 Å². The molecule has 1 fully saturated rings. The zero-order chi connectivity index (χ0) is 26.5. The third kappa shape index (κ3) is 5.57. The lowest BCUT2D eigenvalue weighted by Gasteiger charge is -2.42. The number of rotatable bonds is 3. The Morgan fingerprint density at radius 3 is 2.55 bits per heavy atom. The number of carbonyl (C=O) groups is 2. The average molecular weight is 516 g/mol. The van der Waals surface area contributed by atoms with Gasteiger partial charge in [0.05, 0.1) is 12.8 Å². The van der Waals surface area contributed by atoms with E-state index in [2.05, 4.69) is 11.4 Å². The minimum absolute atomic E-state index is 0.0128. The highest BCUT2D eigenvalue weighted by molar-refractivity contribution is 5.95. The van der Waals surface area contributed by atoms with E-state index in [0.717, 1.165) is 61.3 Å². The Labute approximate surface area is 224 Å². The number of amides is 2. The molecule has 1 spiro atoms. The Hall–Kier alpha value is -3.74. The number of fused-ring (bicyclic) bond motifs is 1. The number of aryl methyl sites for hydroxylation is 1. The summed E-state index contributed by atoms with van der Waals surface area (Å²) < 4.78 is 13.5. The van der Waals surface area contributed by atoms with E-state index >= 15 is 0 Å². The van der Waals surface area contributed by atoms with E-state index in [4.69, 9.17) is 9.47 Å². The van der Waals surface area contributed by atoms with Gasteiger partial charge in [-0.3, -0.25) is 9.59 Å². The summed E-state index contributed by atoms with van der Waals surface area (Å²) in [7, 11) is 1.64. The molecule has 0 unspecified atom stereocenters. The van der Waals surface area contributed by atoms with Crippen LogP contribution in [0.4, 0.5) is 0 Å². The Kier molecular flexibility index (Phi) is 7.72. The van der Waals surface area contributed by atoms with Gasteiger partial charge in [0.2, 0.25) is 0 Å². The highest BCUT2D eigenvalue weighted by atomic mass is 16.5. The van der Waals surface area contributed by atoms with Crippen molar-refractivity contribution < 1.29 is 19.1 Å². The molecule has 0 radical (unpaired) electrons. The van der Waals surface area contributed by atoms with Gasteiger partial charge in [-0.1, -0.05) is 24.6 Å². The van der Waals surface area contributed by atoms with Crippen LogP contribution in [0.25, 0.3) is 5.69 Å². The first-order chi connectivity index (χ1) is 18.5. The molecule has 1 atom stereocenters. The first-order valence-corrected chi connectivity index (χ1v) is 13.6. The zero-order valence-electron chi connectivity index (χ0n) is 22.3. The number of piperidine rings is 1. The van der Waals surface area contributed by atoms with Crippen LogP contribution in [0.5, 0.6) is 11.5 Å². The van der Waals surface area contributed by atoms with E-state index < -0.39 is 6.10 Å². The molecule has 2 aromatic carbocycles. The van der Waals surface area contributed by atoms with Crippen LogP contribution in [0.15, 0.2) is 67.0 Å². The fraction of sp³-hybridized carbons (Fsp3) is 0.419. The quantitative estimate of drug-likeness (QED) is 0.532. The number of carbonyl (C=O) groups excluding carboxylic acids is 2. The predicted octanol–water partition coefficient (Wildman–Crippen LogP) is 5.02. The number of para-hydroxylation sites is 1. The highest BCUT2D eigenvalue weighted by Gasteiger charge is 2.37. The number of aromatic nitrogens is 1. The number of methoxy groups -OCH3 is 1. The molecule has 3 aromatic rings. The SMILES string of the molecule is COc1ccc(C(=O)N2CCC3(CCCCc4ccccc4O[C@H](C)C(=O)NC3)CC2)cc1-n1cccc1. The third-order valence-electron chi connectivity index (χ3n) is 8.11. The molecule has 0 aliphatic carbocycles. The largest absolute Gasteiger partial charge is 0.495 e. The van der Waals surface area contributed by atoms with Crippen LogP contribution < -0.4 is 14.8 Å². The van der Waals surface area contributed by atoms with Crippen LogP contribution in [0.2, 0.25) is 0 Å². The molecule has 3 heterocycles. The Bertz CT molecular complexity index is 1260. The molecular weight excluding hydrogens is 478 g/mol. The summed E-state index contributed by atoms with van der Waals surface area (Å²) >= 11 is 0. The fourth-order valence-electron chi connectivity index (χ4n) is 5.70. The van der Waals surface area contributed by atoms with Gasteiger partial charge in [-0.2, -0.15) is 0 Å². The molecule has 5 rings (SSSR count). The topological polar surface area (TPSA) is 72.8 Å². The number of ether oxygens (including phenoxy) is 2. The summed E-state index contributed by atoms with van der Waals surface area (Å²) in [5, 5.41) is 3.17. The summed E-state index contributed by atoms with van der Waals surface area (Å²) in [4.78, 5) is 28.3. The lowest BCUT2D eigenvalue weighted by atomic mass is 9.74. The second-order valence-electron chi connectivity index (χ2n) is 10.6. The molecule has 2 aliphatic rings. The normalized spacial score (nSPS) is 19.9. The third-order valence-corrected chi connectivity index (χ3v) is 8.11. The number of hydrogen-bond donors (Lipinski definition) is 1. The van der Waals surface area contributed by atoms with Crippen LogP contribution in [0, 0.1) is 5.41 Å². The molecule has 0 saturated carbocycles. The second-order valence-corrected chi connectivity index (χ2v) is 10.6. The summed E-state index contributed by atoms with van der Waals surface area (Å²) in [6.45, 7) is 3.77. The molecule has 7 nitrogen and oxygen atoms in total. The van der Waals surface area contributed by atoms with Crippen molar-refractivity contribution in [3.63, 3.8) is 0 Å². The van der Waals surface area contributed by atoms with Gasteiger partial charge in [0.1, 0.15) is 11.5 Å². The molecule has 38 heavy (non-hydrogen) atoms. The van der Waals surface area contributed by atoms with Gasteiger partial charge in [0.15, 0.2) is 6.10 Å². The van der Waals surface area contributed by atoms with E-state index in [-0.39, 0.29) is 17.2 Å². The summed E-state index contributed by atoms with van der Waals surface area (Å²) in [5.74, 6) is 1.47. The Morgan fingerprint density at radius 1 is 1.03 bits per heavy atom. The first-order valence-electron chi connectivity index (χ1n) is 13.6.